The summed E-state index contributed by atoms with van der Waals surface area (Å²) < 4.78 is 6.82. The molecule has 0 aromatic carbocycles. The lowest BCUT2D eigenvalue weighted by molar-refractivity contribution is 0.00425. The van der Waals surface area contributed by atoms with Crippen LogP contribution in [0.2, 0.25) is 4.34 Å². The molecule has 1 aliphatic carbocycles. The molecule has 3 unspecified atom stereocenters. The van der Waals surface area contributed by atoms with Crippen molar-refractivity contribution in [1.29, 1.82) is 0 Å². The molecule has 0 saturated heterocycles. The lowest BCUT2D eigenvalue weighted by Crippen LogP contribution is -2.29. The fourth-order valence-corrected chi connectivity index (χ4v) is 3.66. The SMILES string of the molecule is CC1CCC(OCCNCc2ccc(Cl)s2)CC1C. The third-order valence-electron chi connectivity index (χ3n) is 4.11. The largest absolute Gasteiger partial charge is 0.377 e. The highest BCUT2D eigenvalue weighted by molar-refractivity contribution is 7.16. The quantitative estimate of drug-likeness (QED) is 0.790. The number of halogens is 1. The molecule has 0 bridgehead atoms. The van der Waals surface area contributed by atoms with Crippen LogP contribution in [0.25, 0.3) is 0 Å². The Balaban J connectivity index is 1.55. The minimum atomic E-state index is 0.476. The Bertz CT molecular complexity index is 382. The highest BCUT2D eigenvalue weighted by Crippen LogP contribution is 2.30. The molecule has 0 spiro atoms. The molecule has 4 heteroatoms. The maximum absolute atomic E-state index is 5.96. The van der Waals surface area contributed by atoms with E-state index in [1.807, 2.05) is 6.07 Å². The Morgan fingerprint density at radius 3 is 2.84 bits per heavy atom. The summed E-state index contributed by atoms with van der Waals surface area (Å²) in [6.07, 6.45) is 4.24. The first-order chi connectivity index (χ1) is 9.15. The molecule has 1 aromatic heterocycles. The Labute approximate surface area is 125 Å². The predicted octanol–water partition coefficient (Wildman–Crippen LogP) is 4.33. The van der Waals surface area contributed by atoms with Gasteiger partial charge in [-0.2, -0.15) is 0 Å². The van der Waals surface area contributed by atoms with Gasteiger partial charge in [-0.15, -0.1) is 11.3 Å². The Morgan fingerprint density at radius 1 is 1.32 bits per heavy atom. The number of rotatable bonds is 6. The molecule has 0 amide bonds. The third kappa shape index (κ3) is 5.07. The number of nitrogens with one attached hydrogen (secondary N) is 1. The van der Waals surface area contributed by atoms with E-state index in [0.29, 0.717) is 6.10 Å². The van der Waals surface area contributed by atoms with Crippen LogP contribution in [-0.4, -0.2) is 19.3 Å². The van der Waals surface area contributed by atoms with Crippen LogP contribution in [0.5, 0.6) is 0 Å². The topological polar surface area (TPSA) is 21.3 Å². The van der Waals surface area contributed by atoms with Crippen LogP contribution in [-0.2, 0) is 11.3 Å². The van der Waals surface area contributed by atoms with Crippen molar-refractivity contribution < 1.29 is 4.74 Å². The van der Waals surface area contributed by atoms with Gasteiger partial charge < -0.3 is 10.1 Å². The minimum absolute atomic E-state index is 0.476. The van der Waals surface area contributed by atoms with Crippen LogP contribution in [0.3, 0.4) is 0 Å². The first-order valence-electron chi connectivity index (χ1n) is 7.21. The van der Waals surface area contributed by atoms with E-state index in [1.54, 1.807) is 11.3 Å². The van der Waals surface area contributed by atoms with E-state index >= 15 is 0 Å². The number of hydrogen-bond donors (Lipinski definition) is 1. The summed E-state index contributed by atoms with van der Waals surface area (Å²) in [5.41, 5.74) is 0. The molecule has 108 valence electrons. The van der Waals surface area contributed by atoms with Crippen LogP contribution in [0, 0.1) is 11.8 Å². The minimum Gasteiger partial charge on any atom is -0.377 e. The van der Waals surface area contributed by atoms with Crippen molar-refractivity contribution in [3.05, 3.63) is 21.3 Å². The Kier molecular flexibility index (Phi) is 6.14. The predicted molar refractivity (Wildman–Crippen MR) is 83.0 cm³/mol. The van der Waals surface area contributed by atoms with Gasteiger partial charge in [-0.1, -0.05) is 25.4 Å². The second kappa shape index (κ2) is 7.63. The maximum Gasteiger partial charge on any atom is 0.0931 e. The smallest absolute Gasteiger partial charge is 0.0931 e. The van der Waals surface area contributed by atoms with Gasteiger partial charge in [0.25, 0.3) is 0 Å². The van der Waals surface area contributed by atoms with Crippen LogP contribution in [0.4, 0.5) is 0 Å². The zero-order chi connectivity index (χ0) is 13.7. The van der Waals surface area contributed by atoms with E-state index in [9.17, 15) is 0 Å². The van der Waals surface area contributed by atoms with Crippen LogP contribution in [0.1, 0.15) is 38.0 Å². The third-order valence-corrected chi connectivity index (χ3v) is 5.34. The summed E-state index contributed by atoms with van der Waals surface area (Å²) in [5.74, 6) is 1.67. The average Bonchev–Trinajstić information content (AvgIpc) is 2.79. The van der Waals surface area contributed by atoms with Crippen molar-refractivity contribution in [2.45, 2.75) is 45.8 Å². The van der Waals surface area contributed by atoms with Gasteiger partial charge in [-0.3, -0.25) is 0 Å². The summed E-state index contributed by atoms with van der Waals surface area (Å²) in [5, 5.41) is 3.40. The molecule has 2 nitrogen and oxygen atoms in total. The van der Waals surface area contributed by atoms with E-state index in [1.165, 1.54) is 24.1 Å². The second-order valence-corrected chi connectivity index (χ2v) is 7.44. The van der Waals surface area contributed by atoms with Crippen molar-refractivity contribution >= 4 is 22.9 Å². The molecule has 1 fully saturated rings. The van der Waals surface area contributed by atoms with E-state index in [4.69, 9.17) is 16.3 Å². The number of hydrogen-bond acceptors (Lipinski definition) is 3. The van der Waals surface area contributed by atoms with Gasteiger partial charge in [-0.25, -0.2) is 0 Å². The molecular weight excluding hydrogens is 278 g/mol. The van der Waals surface area contributed by atoms with Gasteiger partial charge in [-0.05, 0) is 43.2 Å². The first kappa shape index (κ1) is 15.3. The van der Waals surface area contributed by atoms with Crippen LogP contribution >= 0.6 is 22.9 Å². The molecule has 1 saturated carbocycles. The van der Waals surface area contributed by atoms with Gasteiger partial charge in [0.15, 0.2) is 0 Å². The van der Waals surface area contributed by atoms with Gasteiger partial charge >= 0.3 is 0 Å². The first-order valence-corrected chi connectivity index (χ1v) is 8.41. The van der Waals surface area contributed by atoms with Gasteiger partial charge in [0, 0.05) is 18.0 Å². The molecule has 19 heavy (non-hydrogen) atoms. The zero-order valence-electron chi connectivity index (χ0n) is 11.8. The van der Waals surface area contributed by atoms with Crippen LogP contribution in [0.15, 0.2) is 12.1 Å². The standard InChI is InChI=1S/C15H24ClNOS/c1-11-3-4-13(9-12(11)2)18-8-7-17-10-14-5-6-15(16)19-14/h5-6,11-13,17H,3-4,7-10H2,1-2H3. The van der Waals surface area contributed by atoms with Crippen molar-refractivity contribution in [3.8, 4) is 0 Å². The van der Waals surface area contributed by atoms with Crippen molar-refractivity contribution in [1.82, 2.24) is 5.32 Å². The highest BCUT2D eigenvalue weighted by atomic mass is 35.5. The Morgan fingerprint density at radius 2 is 2.16 bits per heavy atom. The molecule has 3 atom stereocenters. The van der Waals surface area contributed by atoms with Gasteiger partial charge in [0.05, 0.1) is 17.0 Å². The molecule has 1 heterocycles. The normalized spacial score (nSPS) is 27.6. The summed E-state index contributed by atoms with van der Waals surface area (Å²) >= 11 is 7.53. The lowest BCUT2D eigenvalue weighted by atomic mass is 9.80. The maximum atomic E-state index is 5.96. The van der Waals surface area contributed by atoms with E-state index in [2.05, 4.69) is 25.2 Å². The van der Waals surface area contributed by atoms with Crippen molar-refractivity contribution in [2.75, 3.05) is 13.2 Å². The highest BCUT2D eigenvalue weighted by Gasteiger charge is 2.24. The average molecular weight is 302 g/mol. The summed E-state index contributed by atoms with van der Waals surface area (Å²) in [6, 6.07) is 4.02. The monoisotopic (exact) mass is 301 g/mol. The molecule has 1 N–H and O–H groups in total. The summed E-state index contributed by atoms with van der Waals surface area (Å²) in [7, 11) is 0. The van der Waals surface area contributed by atoms with Gasteiger partial charge in [0.1, 0.15) is 0 Å². The van der Waals surface area contributed by atoms with Crippen LogP contribution < -0.4 is 5.32 Å². The summed E-state index contributed by atoms with van der Waals surface area (Å²) in [6.45, 7) is 7.31. The zero-order valence-corrected chi connectivity index (χ0v) is 13.4. The lowest BCUT2D eigenvalue weighted by Gasteiger charge is -2.32. The van der Waals surface area contributed by atoms with E-state index in [-0.39, 0.29) is 0 Å². The number of thiophene rings is 1. The molecule has 0 radical (unpaired) electrons. The molecule has 0 aliphatic heterocycles. The molecule has 1 aliphatic rings. The van der Waals surface area contributed by atoms with E-state index < -0.39 is 0 Å². The fraction of sp³-hybridized carbons (Fsp3) is 0.733. The second-order valence-electron chi connectivity index (χ2n) is 5.64. The Hall–Kier alpha value is -0.0900. The van der Waals surface area contributed by atoms with Crippen molar-refractivity contribution in [2.24, 2.45) is 11.8 Å². The number of ether oxygens (including phenoxy) is 1. The van der Waals surface area contributed by atoms with Crippen molar-refractivity contribution in [3.63, 3.8) is 0 Å². The van der Waals surface area contributed by atoms with E-state index in [0.717, 1.165) is 35.9 Å². The molecular formula is C15H24ClNOS. The van der Waals surface area contributed by atoms with Gasteiger partial charge in [0.2, 0.25) is 0 Å². The fourth-order valence-electron chi connectivity index (χ4n) is 2.61. The summed E-state index contributed by atoms with van der Waals surface area (Å²) in [4.78, 5) is 1.28. The molecule has 2 rings (SSSR count). The molecule has 1 aromatic rings.